The van der Waals surface area contributed by atoms with Crippen LogP contribution in [0.25, 0.3) is 11.0 Å². The quantitative estimate of drug-likeness (QED) is 0.544. The van der Waals surface area contributed by atoms with Crippen LogP contribution in [0.15, 0.2) is 27.4 Å². The van der Waals surface area contributed by atoms with Crippen LogP contribution >= 0.6 is 0 Å². The highest BCUT2D eigenvalue weighted by Crippen LogP contribution is 2.33. The summed E-state index contributed by atoms with van der Waals surface area (Å²) in [4.78, 5) is 11.2. The molecular formula is C10H8O5. The average molecular weight is 208 g/mol. The third-order valence-electron chi connectivity index (χ3n) is 2.04. The first-order valence-electron chi connectivity index (χ1n) is 4.16. The first-order chi connectivity index (χ1) is 7.13. The van der Waals surface area contributed by atoms with Gasteiger partial charge in [-0.05, 0) is 18.2 Å². The molecule has 0 amide bonds. The summed E-state index contributed by atoms with van der Waals surface area (Å²) in [6, 6.07) is 4.24. The van der Waals surface area contributed by atoms with Crippen LogP contribution in [-0.2, 0) is 0 Å². The van der Waals surface area contributed by atoms with Gasteiger partial charge in [0.2, 0.25) is 11.5 Å². The van der Waals surface area contributed by atoms with Crippen molar-refractivity contribution in [2.45, 2.75) is 0 Å². The molecule has 0 aliphatic carbocycles. The number of rotatable bonds is 1. The number of methoxy groups -OCH3 is 1. The molecule has 15 heavy (non-hydrogen) atoms. The van der Waals surface area contributed by atoms with Crippen molar-refractivity contribution in [3.63, 3.8) is 0 Å². The standard InChI is InChI=1S/C10H8O5/c1-14-7-4-5-2-3-6(11)8(12)9(5)15-10(7)13/h2-4,11-12H,1H3. The molecule has 2 N–H and O–H groups in total. The van der Waals surface area contributed by atoms with E-state index in [9.17, 15) is 15.0 Å². The summed E-state index contributed by atoms with van der Waals surface area (Å²) in [5, 5.41) is 19.1. The number of phenolic OH excluding ortho intramolecular Hbond substituents is 2. The second kappa shape index (κ2) is 3.20. The van der Waals surface area contributed by atoms with E-state index in [4.69, 9.17) is 9.15 Å². The Bertz CT molecular complexity index is 570. The predicted molar refractivity (Wildman–Crippen MR) is 52.4 cm³/mol. The summed E-state index contributed by atoms with van der Waals surface area (Å²) in [5.74, 6) is -0.740. The Hall–Kier alpha value is -2.17. The van der Waals surface area contributed by atoms with Crippen LogP contribution in [0.5, 0.6) is 17.2 Å². The molecule has 2 aromatic rings. The lowest BCUT2D eigenvalue weighted by atomic mass is 10.2. The van der Waals surface area contributed by atoms with Crippen LogP contribution in [0, 0.1) is 0 Å². The lowest BCUT2D eigenvalue weighted by molar-refractivity contribution is 0.375. The molecule has 5 heteroatoms. The highest BCUT2D eigenvalue weighted by atomic mass is 16.5. The summed E-state index contributed by atoms with van der Waals surface area (Å²) in [6.07, 6.45) is 0. The van der Waals surface area contributed by atoms with Gasteiger partial charge in [-0.2, -0.15) is 0 Å². The molecule has 0 radical (unpaired) electrons. The third-order valence-corrected chi connectivity index (χ3v) is 2.04. The van der Waals surface area contributed by atoms with E-state index in [1.54, 1.807) is 0 Å². The molecule has 2 rings (SSSR count). The second-order valence-corrected chi connectivity index (χ2v) is 2.95. The van der Waals surface area contributed by atoms with Gasteiger partial charge < -0.3 is 19.4 Å². The molecule has 78 valence electrons. The zero-order valence-electron chi connectivity index (χ0n) is 7.85. The minimum atomic E-state index is -0.703. The number of hydrogen-bond donors (Lipinski definition) is 2. The number of benzene rings is 1. The minimum Gasteiger partial charge on any atom is -0.504 e. The van der Waals surface area contributed by atoms with Crippen molar-refractivity contribution >= 4 is 11.0 Å². The van der Waals surface area contributed by atoms with E-state index in [-0.39, 0.29) is 17.1 Å². The summed E-state index contributed by atoms with van der Waals surface area (Å²) < 4.78 is 9.58. The third kappa shape index (κ3) is 1.38. The van der Waals surface area contributed by atoms with Crippen LogP contribution in [0.1, 0.15) is 0 Å². The molecule has 1 aromatic heterocycles. The fourth-order valence-electron chi connectivity index (χ4n) is 1.28. The number of hydrogen-bond acceptors (Lipinski definition) is 5. The zero-order valence-corrected chi connectivity index (χ0v) is 7.85. The van der Waals surface area contributed by atoms with E-state index in [2.05, 4.69) is 0 Å². The van der Waals surface area contributed by atoms with Gasteiger partial charge in [0.05, 0.1) is 7.11 Å². The van der Waals surface area contributed by atoms with Crippen molar-refractivity contribution in [3.05, 3.63) is 28.6 Å². The fraction of sp³-hybridized carbons (Fsp3) is 0.100. The van der Waals surface area contributed by atoms with E-state index in [1.165, 1.54) is 25.3 Å². The maximum Gasteiger partial charge on any atom is 0.379 e. The smallest absolute Gasteiger partial charge is 0.379 e. The van der Waals surface area contributed by atoms with Crippen molar-refractivity contribution < 1.29 is 19.4 Å². The topological polar surface area (TPSA) is 79.9 Å². The van der Waals surface area contributed by atoms with Gasteiger partial charge in [-0.25, -0.2) is 4.79 Å². The molecular weight excluding hydrogens is 200 g/mol. The van der Waals surface area contributed by atoms with Gasteiger partial charge in [0.25, 0.3) is 0 Å². The Morgan fingerprint density at radius 2 is 2.07 bits per heavy atom. The van der Waals surface area contributed by atoms with E-state index >= 15 is 0 Å². The Morgan fingerprint density at radius 1 is 1.33 bits per heavy atom. The highest BCUT2D eigenvalue weighted by molar-refractivity contribution is 5.85. The largest absolute Gasteiger partial charge is 0.504 e. The molecule has 0 fully saturated rings. The number of phenols is 2. The van der Waals surface area contributed by atoms with Gasteiger partial charge in [-0.3, -0.25) is 0 Å². The van der Waals surface area contributed by atoms with Crippen LogP contribution in [-0.4, -0.2) is 17.3 Å². The van der Waals surface area contributed by atoms with Gasteiger partial charge >= 0.3 is 5.63 Å². The lowest BCUT2D eigenvalue weighted by Gasteiger charge is -2.03. The maximum atomic E-state index is 11.2. The highest BCUT2D eigenvalue weighted by Gasteiger charge is 2.11. The Morgan fingerprint density at radius 3 is 2.73 bits per heavy atom. The number of ether oxygens (including phenoxy) is 1. The molecule has 1 aromatic carbocycles. The lowest BCUT2D eigenvalue weighted by Crippen LogP contribution is -2.02. The molecule has 0 saturated heterocycles. The van der Waals surface area contributed by atoms with Gasteiger partial charge in [-0.15, -0.1) is 0 Å². The Balaban J connectivity index is 2.87. The van der Waals surface area contributed by atoms with E-state index in [0.29, 0.717) is 5.39 Å². The van der Waals surface area contributed by atoms with Gasteiger partial charge in [0.15, 0.2) is 11.3 Å². The van der Waals surface area contributed by atoms with E-state index in [0.717, 1.165) is 0 Å². The molecule has 0 saturated carbocycles. The summed E-state index contributed by atoms with van der Waals surface area (Å²) in [5.41, 5.74) is -0.758. The monoisotopic (exact) mass is 208 g/mol. The molecule has 0 aliphatic rings. The van der Waals surface area contributed by atoms with Crippen LogP contribution in [0.3, 0.4) is 0 Å². The average Bonchev–Trinajstić information content (AvgIpc) is 2.24. The van der Waals surface area contributed by atoms with E-state index in [1.807, 2.05) is 0 Å². The number of fused-ring (bicyclic) bond motifs is 1. The molecule has 0 spiro atoms. The Labute approximate surface area is 84.1 Å². The van der Waals surface area contributed by atoms with Crippen molar-refractivity contribution in [2.24, 2.45) is 0 Å². The molecule has 0 aliphatic heterocycles. The molecule has 0 bridgehead atoms. The van der Waals surface area contributed by atoms with Crippen molar-refractivity contribution in [1.82, 2.24) is 0 Å². The SMILES string of the molecule is COc1cc2ccc(O)c(O)c2oc1=O. The summed E-state index contributed by atoms with van der Waals surface area (Å²) >= 11 is 0. The molecule has 5 nitrogen and oxygen atoms in total. The van der Waals surface area contributed by atoms with Crippen molar-refractivity contribution in [1.29, 1.82) is 0 Å². The maximum absolute atomic E-state index is 11.2. The van der Waals surface area contributed by atoms with Crippen LogP contribution in [0.4, 0.5) is 0 Å². The molecule has 0 unspecified atom stereocenters. The zero-order chi connectivity index (χ0) is 11.0. The first-order valence-corrected chi connectivity index (χ1v) is 4.16. The molecule has 1 heterocycles. The predicted octanol–water partition coefficient (Wildman–Crippen LogP) is 1.21. The van der Waals surface area contributed by atoms with Crippen molar-refractivity contribution in [3.8, 4) is 17.2 Å². The molecule has 0 atom stereocenters. The number of aromatic hydroxyl groups is 2. The normalized spacial score (nSPS) is 10.5. The fourth-order valence-corrected chi connectivity index (χ4v) is 1.28. The minimum absolute atomic E-state index is 0.0487. The summed E-state index contributed by atoms with van der Waals surface area (Å²) in [6.45, 7) is 0. The van der Waals surface area contributed by atoms with Gasteiger partial charge in [0.1, 0.15) is 0 Å². The van der Waals surface area contributed by atoms with Crippen LogP contribution in [0.2, 0.25) is 0 Å². The van der Waals surface area contributed by atoms with Gasteiger partial charge in [0, 0.05) is 5.39 Å². The first kappa shape index (κ1) is 9.39. The summed E-state index contributed by atoms with van der Waals surface area (Å²) in [7, 11) is 1.35. The second-order valence-electron chi connectivity index (χ2n) is 2.95. The van der Waals surface area contributed by atoms with Crippen LogP contribution < -0.4 is 10.4 Å². The van der Waals surface area contributed by atoms with E-state index < -0.39 is 11.4 Å². The Kier molecular flexibility index (Phi) is 2.00. The van der Waals surface area contributed by atoms with Crippen molar-refractivity contribution in [2.75, 3.05) is 7.11 Å². The van der Waals surface area contributed by atoms with Gasteiger partial charge in [-0.1, -0.05) is 0 Å².